The first kappa shape index (κ1) is 11.6. The van der Waals surface area contributed by atoms with Crippen LogP contribution >= 0.6 is 0 Å². The minimum Gasteiger partial charge on any atom is -0.378 e. The van der Waals surface area contributed by atoms with Crippen molar-refractivity contribution in [2.75, 3.05) is 6.61 Å². The monoisotopic (exact) mass is 242 g/mol. The van der Waals surface area contributed by atoms with E-state index in [1.807, 2.05) is 18.5 Å². The van der Waals surface area contributed by atoms with Crippen LogP contribution in [0, 0.1) is 5.92 Å². The van der Waals surface area contributed by atoms with Crippen molar-refractivity contribution in [3.05, 3.63) is 42.2 Å². The van der Waals surface area contributed by atoms with Gasteiger partial charge in [-0.3, -0.25) is 4.98 Å². The average Bonchev–Trinajstić information content (AvgIpc) is 2.84. The standard InChI is InChI=1S/C15H18N2O/c1-10-7-12(9-18-10)15(16)13-4-2-3-11-5-6-17-8-14(11)13/h2-6,8,10,12,15H,7,9,16H2,1H3. The summed E-state index contributed by atoms with van der Waals surface area (Å²) in [6, 6.07) is 8.33. The quantitative estimate of drug-likeness (QED) is 0.880. The minimum absolute atomic E-state index is 0.0304. The second-order valence-electron chi connectivity index (χ2n) is 5.11. The molecule has 1 aromatic heterocycles. The van der Waals surface area contributed by atoms with Gasteiger partial charge in [0.05, 0.1) is 12.7 Å². The number of fused-ring (bicyclic) bond motifs is 1. The minimum atomic E-state index is 0.0304. The van der Waals surface area contributed by atoms with Gasteiger partial charge in [-0.05, 0) is 30.4 Å². The SMILES string of the molecule is CC1CC(C(N)c2cccc3ccncc23)CO1. The second-order valence-corrected chi connectivity index (χ2v) is 5.11. The maximum Gasteiger partial charge on any atom is 0.0551 e. The van der Waals surface area contributed by atoms with Gasteiger partial charge in [0, 0.05) is 29.7 Å². The van der Waals surface area contributed by atoms with E-state index in [0.29, 0.717) is 12.0 Å². The molecule has 0 spiro atoms. The Morgan fingerprint density at radius 3 is 3.06 bits per heavy atom. The van der Waals surface area contributed by atoms with Gasteiger partial charge in [0.2, 0.25) is 0 Å². The number of nitrogens with two attached hydrogens (primary N) is 1. The molecule has 0 radical (unpaired) electrons. The van der Waals surface area contributed by atoms with Crippen LogP contribution in [0.2, 0.25) is 0 Å². The van der Waals surface area contributed by atoms with E-state index in [1.165, 1.54) is 10.9 Å². The van der Waals surface area contributed by atoms with Crippen LogP contribution in [0.5, 0.6) is 0 Å². The van der Waals surface area contributed by atoms with Crippen LogP contribution in [0.4, 0.5) is 0 Å². The zero-order chi connectivity index (χ0) is 12.5. The Labute approximate surface area is 107 Å². The molecule has 3 atom stereocenters. The highest BCUT2D eigenvalue weighted by Crippen LogP contribution is 2.33. The summed E-state index contributed by atoms with van der Waals surface area (Å²) in [5.74, 6) is 0.408. The molecule has 3 heteroatoms. The number of pyridine rings is 1. The fourth-order valence-electron chi connectivity index (χ4n) is 2.78. The molecule has 18 heavy (non-hydrogen) atoms. The summed E-state index contributed by atoms with van der Waals surface area (Å²) in [6.45, 7) is 2.87. The summed E-state index contributed by atoms with van der Waals surface area (Å²) in [5.41, 5.74) is 7.60. The van der Waals surface area contributed by atoms with Crippen molar-refractivity contribution in [1.29, 1.82) is 0 Å². The number of nitrogens with zero attached hydrogens (tertiary/aromatic N) is 1. The lowest BCUT2D eigenvalue weighted by atomic mass is 9.89. The molecule has 1 saturated heterocycles. The maximum atomic E-state index is 6.42. The molecule has 2 aromatic rings. The van der Waals surface area contributed by atoms with E-state index in [2.05, 4.69) is 30.1 Å². The summed E-state index contributed by atoms with van der Waals surface area (Å²) in [6.07, 6.45) is 5.09. The van der Waals surface area contributed by atoms with E-state index >= 15 is 0 Å². The molecule has 3 rings (SSSR count). The Balaban J connectivity index is 1.98. The first-order valence-corrected chi connectivity index (χ1v) is 6.45. The van der Waals surface area contributed by atoms with Crippen LogP contribution < -0.4 is 5.73 Å². The predicted octanol–water partition coefficient (Wildman–Crippen LogP) is 2.66. The van der Waals surface area contributed by atoms with Crippen molar-refractivity contribution < 1.29 is 4.74 Å². The van der Waals surface area contributed by atoms with Crippen molar-refractivity contribution in [3.8, 4) is 0 Å². The molecule has 1 fully saturated rings. The highest BCUT2D eigenvalue weighted by molar-refractivity contribution is 5.85. The molecular weight excluding hydrogens is 224 g/mol. The van der Waals surface area contributed by atoms with E-state index in [4.69, 9.17) is 10.5 Å². The third-order valence-electron chi connectivity index (χ3n) is 3.81. The van der Waals surface area contributed by atoms with Gasteiger partial charge in [0.1, 0.15) is 0 Å². The van der Waals surface area contributed by atoms with E-state index < -0.39 is 0 Å². The molecule has 1 aromatic carbocycles. The average molecular weight is 242 g/mol. The molecule has 1 aliphatic rings. The van der Waals surface area contributed by atoms with Crippen molar-refractivity contribution in [1.82, 2.24) is 4.98 Å². The van der Waals surface area contributed by atoms with Crippen LogP contribution in [0.3, 0.4) is 0 Å². The molecule has 0 aliphatic carbocycles. The molecule has 0 amide bonds. The molecule has 0 bridgehead atoms. The third kappa shape index (κ3) is 2.00. The predicted molar refractivity (Wildman–Crippen MR) is 72.2 cm³/mol. The van der Waals surface area contributed by atoms with Gasteiger partial charge >= 0.3 is 0 Å². The fourth-order valence-corrected chi connectivity index (χ4v) is 2.78. The van der Waals surface area contributed by atoms with Gasteiger partial charge in [0.25, 0.3) is 0 Å². The molecule has 2 N–H and O–H groups in total. The normalized spacial score (nSPS) is 25.4. The number of rotatable bonds is 2. The van der Waals surface area contributed by atoms with Gasteiger partial charge in [-0.25, -0.2) is 0 Å². The highest BCUT2D eigenvalue weighted by atomic mass is 16.5. The zero-order valence-electron chi connectivity index (χ0n) is 10.5. The van der Waals surface area contributed by atoms with Crippen molar-refractivity contribution in [3.63, 3.8) is 0 Å². The molecule has 3 nitrogen and oxygen atoms in total. The third-order valence-corrected chi connectivity index (χ3v) is 3.81. The lowest BCUT2D eigenvalue weighted by Gasteiger charge is -2.19. The maximum absolute atomic E-state index is 6.42. The van der Waals surface area contributed by atoms with E-state index in [-0.39, 0.29) is 6.04 Å². The zero-order valence-corrected chi connectivity index (χ0v) is 10.5. The Bertz CT molecular complexity index is 550. The van der Waals surface area contributed by atoms with Crippen LogP contribution in [0.15, 0.2) is 36.7 Å². The summed E-state index contributed by atoms with van der Waals surface area (Å²) in [4.78, 5) is 4.21. The topological polar surface area (TPSA) is 48.1 Å². The number of hydrogen-bond donors (Lipinski definition) is 1. The highest BCUT2D eigenvalue weighted by Gasteiger charge is 2.28. The van der Waals surface area contributed by atoms with E-state index in [9.17, 15) is 0 Å². The first-order chi connectivity index (χ1) is 8.75. The van der Waals surface area contributed by atoms with Crippen LogP contribution in [0.1, 0.15) is 24.9 Å². The van der Waals surface area contributed by atoms with Gasteiger partial charge < -0.3 is 10.5 Å². The largest absolute Gasteiger partial charge is 0.378 e. The molecule has 3 unspecified atom stereocenters. The molecule has 2 heterocycles. The lowest BCUT2D eigenvalue weighted by molar-refractivity contribution is 0.118. The van der Waals surface area contributed by atoms with E-state index in [0.717, 1.165) is 18.4 Å². The number of ether oxygens (including phenoxy) is 1. The summed E-state index contributed by atoms with van der Waals surface area (Å²) < 4.78 is 5.62. The molecule has 94 valence electrons. The summed E-state index contributed by atoms with van der Waals surface area (Å²) in [7, 11) is 0. The van der Waals surface area contributed by atoms with Gasteiger partial charge in [-0.1, -0.05) is 18.2 Å². The summed E-state index contributed by atoms with van der Waals surface area (Å²) in [5, 5.41) is 2.36. The van der Waals surface area contributed by atoms with Crippen molar-refractivity contribution >= 4 is 10.8 Å². The molecule has 0 saturated carbocycles. The first-order valence-electron chi connectivity index (χ1n) is 6.45. The number of hydrogen-bond acceptors (Lipinski definition) is 3. The molecule has 1 aliphatic heterocycles. The smallest absolute Gasteiger partial charge is 0.0551 e. The Morgan fingerprint density at radius 2 is 2.28 bits per heavy atom. The van der Waals surface area contributed by atoms with Crippen LogP contribution in [0.25, 0.3) is 10.8 Å². The van der Waals surface area contributed by atoms with Crippen molar-refractivity contribution in [2.45, 2.75) is 25.5 Å². The Hall–Kier alpha value is -1.45. The Morgan fingerprint density at radius 1 is 1.39 bits per heavy atom. The van der Waals surface area contributed by atoms with Crippen LogP contribution in [-0.2, 0) is 4.74 Å². The lowest BCUT2D eigenvalue weighted by Crippen LogP contribution is -2.22. The number of aromatic nitrogens is 1. The van der Waals surface area contributed by atoms with Gasteiger partial charge in [-0.2, -0.15) is 0 Å². The van der Waals surface area contributed by atoms with Crippen LogP contribution in [-0.4, -0.2) is 17.7 Å². The molecular formula is C15H18N2O. The second kappa shape index (κ2) is 4.67. The van der Waals surface area contributed by atoms with Crippen molar-refractivity contribution in [2.24, 2.45) is 11.7 Å². The van der Waals surface area contributed by atoms with Gasteiger partial charge in [-0.15, -0.1) is 0 Å². The number of benzene rings is 1. The Kier molecular flexibility index (Phi) is 3.02. The fraction of sp³-hybridized carbons (Fsp3) is 0.400. The van der Waals surface area contributed by atoms with E-state index in [1.54, 1.807) is 0 Å². The van der Waals surface area contributed by atoms with Gasteiger partial charge in [0.15, 0.2) is 0 Å². The summed E-state index contributed by atoms with van der Waals surface area (Å²) >= 11 is 0.